The van der Waals surface area contributed by atoms with Crippen molar-refractivity contribution >= 4 is 50.6 Å². The third-order valence-electron chi connectivity index (χ3n) is 4.74. The average Bonchev–Trinajstić information content (AvgIpc) is 3.27. The van der Waals surface area contributed by atoms with Crippen LogP contribution in [0.3, 0.4) is 0 Å². The van der Waals surface area contributed by atoms with Crippen LogP contribution in [0.4, 0.5) is 0 Å². The van der Waals surface area contributed by atoms with Crippen molar-refractivity contribution in [1.29, 1.82) is 0 Å². The van der Waals surface area contributed by atoms with Gasteiger partial charge in [-0.3, -0.25) is 4.79 Å². The quantitative estimate of drug-likeness (QED) is 0.489. The van der Waals surface area contributed by atoms with E-state index in [2.05, 4.69) is 28.3 Å². The molecule has 1 aliphatic rings. The van der Waals surface area contributed by atoms with E-state index < -0.39 is 0 Å². The van der Waals surface area contributed by atoms with Crippen molar-refractivity contribution in [1.82, 2.24) is 15.3 Å². The first-order chi connectivity index (χ1) is 12.6. The van der Waals surface area contributed by atoms with Gasteiger partial charge < -0.3 is 5.32 Å². The number of fused-ring (bicyclic) bond motifs is 3. The molecule has 3 aromatic rings. The molecule has 0 saturated heterocycles. The Morgan fingerprint density at radius 3 is 3.15 bits per heavy atom. The van der Waals surface area contributed by atoms with Crippen LogP contribution in [0.5, 0.6) is 0 Å². The third-order valence-corrected chi connectivity index (χ3v) is 7.95. The van der Waals surface area contributed by atoms with Gasteiger partial charge in [-0.15, -0.1) is 22.7 Å². The number of nitrogens with zero attached hydrogens (tertiary/aromatic N) is 2. The molecule has 0 unspecified atom stereocenters. The van der Waals surface area contributed by atoms with E-state index in [9.17, 15) is 4.79 Å². The molecule has 2 atom stereocenters. The number of thioether (sulfide) groups is 1. The zero-order valence-corrected chi connectivity index (χ0v) is 17.3. The Labute approximate surface area is 165 Å². The molecule has 0 fully saturated rings. The summed E-state index contributed by atoms with van der Waals surface area (Å²) in [5, 5.41) is 7.23. The molecule has 4 nitrogen and oxygen atoms in total. The second-order valence-corrected chi connectivity index (χ2v) is 9.83. The summed E-state index contributed by atoms with van der Waals surface area (Å²) in [5.41, 5.74) is 1.42. The van der Waals surface area contributed by atoms with Crippen molar-refractivity contribution in [3.05, 3.63) is 39.2 Å². The van der Waals surface area contributed by atoms with Gasteiger partial charge in [0.05, 0.1) is 11.8 Å². The topological polar surface area (TPSA) is 54.9 Å². The minimum Gasteiger partial charge on any atom is -0.348 e. The van der Waals surface area contributed by atoms with E-state index >= 15 is 0 Å². The molecule has 0 aliphatic heterocycles. The summed E-state index contributed by atoms with van der Waals surface area (Å²) in [5.74, 6) is 1.16. The maximum atomic E-state index is 12.4. The van der Waals surface area contributed by atoms with Crippen LogP contribution in [0, 0.1) is 5.92 Å². The van der Waals surface area contributed by atoms with Crippen LogP contribution in [-0.4, -0.2) is 21.6 Å². The molecule has 1 amide bonds. The van der Waals surface area contributed by atoms with Crippen molar-refractivity contribution in [3.63, 3.8) is 0 Å². The molecule has 1 aliphatic carbocycles. The maximum Gasteiger partial charge on any atom is 0.230 e. The van der Waals surface area contributed by atoms with E-state index in [1.807, 2.05) is 18.4 Å². The monoisotopic (exact) mass is 403 g/mol. The number of aryl methyl sites for hydroxylation is 1. The van der Waals surface area contributed by atoms with Gasteiger partial charge in [0.15, 0.2) is 0 Å². The molecular formula is C19H21N3OS3. The van der Waals surface area contributed by atoms with Gasteiger partial charge in [0.1, 0.15) is 16.2 Å². The number of aromatic nitrogens is 2. The zero-order valence-electron chi connectivity index (χ0n) is 14.8. The minimum absolute atomic E-state index is 0.0420. The molecule has 3 aromatic heterocycles. The summed E-state index contributed by atoms with van der Waals surface area (Å²) in [7, 11) is 0. The van der Waals surface area contributed by atoms with E-state index in [0.717, 1.165) is 28.6 Å². The lowest BCUT2D eigenvalue weighted by Crippen LogP contribution is -2.27. The highest BCUT2D eigenvalue weighted by Gasteiger charge is 2.23. The highest BCUT2D eigenvalue weighted by atomic mass is 32.2. The lowest BCUT2D eigenvalue weighted by Gasteiger charge is -2.18. The molecule has 0 saturated carbocycles. The van der Waals surface area contributed by atoms with Gasteiger partial charge in [0.2, 0.25) is 5.91 Å². The Bertz CT molecular complexity index is 920. The summed E-state index contributed by atoms with van der Waals surface area (Å²) in [4.78, 5) is 25.0. The molecule has 0 spiro atoms. The summed E-state index contributed by atoms with van der Waals surface area (Å²) in [6, 6.07) is 4.11. The van der Waals surface area contributed by atoms with Gasteiger partial charge in [-0.05, 0) is 49.1 Å². The van der Waals surface area contributed by atoms with Gasteiger partial charge in [-0.25, -0.2) is 9.97 Å². The van der Waals surface area contributed by atoms with Crippen LogP contribution < -0.4 is 5.32 Å². The fourth-order valence-electron chi connectivity index (χ4n) is 3.38. The smallest absolute Gasteiger partial charge is 0.230 e. The first-order valence-electron chi connectivity index (χ1n) is 8.82. The molecule has 3 heterocycles. The number of carbonyl (C=O) groups is 1. The summed E-state index contributed by atoms with van der Waals surface area (Å²) >= 11 is 4.98. The van der Waals surface area contributed by atoms with Crippen LogP contribution in [-0.2, 0) is 17.6 Å². The second-order valence-electron chi connectivity index (χ2n) is 6.80. The van der Waals surface area contributed by atoms with Crippen molar-refractivity contribution in [3.8, 4) is 0 Å². The van der Waals surface area contributed by atoms with Crippen molar-refractivity contribution < 1.29 is 4.79 Å². The number of carbonyl (C=O) groups excluding carboxylic acids is 1. The molecule has 0 bridgehead atoms. The number of hydrogen-bond donors (Lipinski definition) is 1. The van der Waals surface area contributed by atoms with Crippen LogP contribution in [0.1, 0.15) is 41.6 Å². The summed E-state index contributed by atoms with van der Waals surface area (Å²) in [6.45, 7) is 4.33. The molecule has 136 valence electrons. The fourth-order valence-corrected chi connectivity index (χ4v) is 6.37. The number of nitrogens with one attached hydrogen (secondary N) is 1. The Kier molecular flexibility index (Phi) is 5.29. The summed E-state index contributed by atoms with van der Waals surface area (Å²) < 4.78 is 0. The van der Waals surface area contributed by atoms with Crippen LogP contribution >= 0.6 is 34.4 Å². The Balaban J connectivity index is 1.48. The van der Waals surface area contributed by atoms with Gasteiger partial charge in [0.25, 0.3) is 0 Å². The van der Waals surface area contributed by atoms with Gasteiger partial charge >= 0.3 is 0 Å². The minimum atomic E-state index is 0.0420. The second kappa shape index (κ2) is 7.66. The van der Waals surface area contributed by atoms with Crippen LogP contribution in [0.25, 0.3) is 10.2 Å². The van der Waals surface area contributed by atoms with Gasteiger partial charge in [0, 0.05) is 15.1 Å². The Hall–Kier alpha value is -1.44. The molecule has 0 radical (unpaired) electrons. The highest BCUT2D eigenvalue weighted by molar-refractivity contribution is 8.00. The molecule has 1 N–H and O–H groups in total. The lowest BCUT2D eigenvalue weighted by atomic mass is 9.89. The van der Waals surface area contributed by atoms with Crippen molar-refractivity contribution in [2.75, 3.05) is 5.75 Å². The Morgan fingerprint density at radius 2 is 2.35 bits per heavy atom. The highest BCUT2D eigenvalue weighted by Crippen LogP contribution is 2.40. The molecule has 26 heavy (non-hydrogen) atoms. The molecular weight excluding hydrogens is 382 g/mol. The van der Waals surface area contributed by atoms with Crippen LogP contribution in [0.2, 0.25) is 0 Å². The lowest BCUT2D eigenvalue weighted by molar-refractivity contribution is -0.119. The standard InChI is InChI=1S/C19H21N3OS3/c1-11-5-6-13-15(8-11)26-19-17(13)18(20-10-21-19)25-9-16(23)22-12(2)14-4-3-7-24-14/h3-4,7,10-12H,5-6,8-9H2,1-2H3,(H,22,23)/t11-,12+/m0/s1. The van der Waals surface area contributed by atoms with E-state index in [1.165, 1.54) is 38.9 Å². The van der Waals surface area contributed by atoms with Gasteiger partial charge in [-0.1, -0.05) is 24.8 Å². The van der Waals surface area contributed by atoms with E-state index in [-0.39, 0.29) is 11.9 Å². The van der Waals surface area contributed by atoms with E-state index in [4.69, 9.17) is 0 Å². The summed E-state index contributed by atoms with van der Waals surface area (Å²) in [6.07, 6.45) is 5.08. The number of amides is 1. The maximum absolute atomic E-state index is 12.4. The average molecular weight is 404 g/mol. The van der Waals surface area contributed by atoms with Gasteiger partial charge in [-0.2, -0.15) is 0 Å². The van der Waals surface area contributed by atoms with E-state index in [0.29, 0.717) is 5.75 Å². The third kappa shape index (κ3) is 3.66. The largest absolute Gasteiger partial charge is 0.348 e. The fraction of sp³-hybridized carbons (Fsp3) is 0.421. The Morgan fingerprint density at radius 1 is 1.46 bits per heavy atom. The number of rotatable bonds is 5. The molecule has 0 aromatic carbocycles. The number of thiophene rings is 2. The normalized spacial score (nSPS) is 17.8. The predicted octanol–water partition coefficient (Wildman–Crippen LogP) is 4.85. The molecule has 4 rings (SSSR count). The zero-order chi connectivity index (χ0) is 18.1. The van der Waals surface area contributed by atoms with Crippen molar-refractivity contribution in [2.24, 2.45) is 5.92 Å². The van der Waals surface area contributed by atoms with Crippen molar-refractivity contribution in [2.45, 2.75) is 44.2 Å². The first kappa shape index (κ1) is 17.9. The van der Waals surface area contributed by atoms with E-state index in [1.54, 1.807) is 29.0 Å². The predicted molar refractivity (Wildman–Crippen MR) is 110 cm³/mol. The number of hydrogen-bond acceptors (Lipinski definition) is 6. The first-order valence-corrected chi connectivity index (χ1v) is 11.5. The molecule has 7 heteroatoms. The SMILES string of the molecule is C[C@H]1CCc2c(sc3ncnc(SCC(=O)N[C@H](C)c4cccs4)c23)C1. The van der Waals surface area contributed by atoms with Crippen LogP contribution in [0.15, 0.2) is 28.9 Å².